The molecule has 2 rings (SSSR count). The summed E-state index contributed by atoms with van der Waals surface area (Å²) in [5.74, 6) is 0.675. The first-order chi connectivity index (χ1) is 8.25. The summed E-state index contributed by atoms with van der Waals surface area (Å²) < 4.78 is 0. The van der Waals surface area contributed by atoms with Crippen LogP contribution in [0.2, 0.25) is 0 Å². The third-order valence-corrected chi connectivity index (χ3v) is 3.32. The Bertz CT molecular complexity index is 366. The van der Waals surface area contributed by atoms with Crippen LogP contribution in [0.15, 0.2) is 24.3 Å². The fourth-order valence-electron chi connectivity index (χ4n) is 2.13. The lowest BCUT2D eigenvalue weighted by Crippen LogP contribution is -2.35. The average Bonchev–Trinajstić information content (AvgIpc) is 2.38. The molecule has 1 amide bonds. The number of aryl methyl sites for hydroxylation is 1. The molecule has 0 unspecified atom stereocenters. The maximum absolute atomic E-state index is 11.9. The van der Waals surface area contributed by atoms with Gasteiger partial charge in [0.15, 0.2) is 0 Å². The fourth-order valence-corrected chi connectivity index (χ4v) is 2.13. The normalized spacial score (nSPS) is 16.8. The van der Waals surface area contributed by atoms with Gasteiger partial charge in [0.2, 0.25) is 0 Å². The predicted octanol–water partition coefficient (Wildman–Crippen LogP) is 1.72. The minimum atomic E-state index is 0.0449. The van der Waals surface area contributed by atoms with Crippen molar-refractivity contribution in [3.63, 3.8) is 0 Å². The highest BCUT2D eigenvalue weighted by Crippen LogP contribution is 2.10. The van der Waals surface area contributed by atoms with Crippen molar-refractivity contribution < 1.29 is 4.79 Å². The molecule has 1 aliphatic rings. The van der Waals surface area contributed by atoms with Gasteiger partial charge in [-0.3, -0.25) is 4.79 Å². The quantitative estimate of drug-likeness (QED) is 0.833. The summed E-state index contributed by atoms with van der Waals surface area (Å²) >= 11 is 0. The second-order valence-electron chi connectivity index (χ2n) is 4.77. The third-order valence-electron chi connectivity index (χ3n) is 3.32. The van der Waals surface area contributed by atoms with E-state index >= 15 is 0 Å². The SMILES string of the molecule is Cc1ccc(C(=O)NCC2CCNCC2)cc1. The van der Waals surface area contributed by atoms with Gasteiger partial charge in [-0.2, -0.15) is 0 Å². The molecule has 1 aromatic rings. The molecular formula is C14H20N2O. The van der Waals surface area contributed by atoms with Crippen molar-refractivity contribution in [2.75, 3.05) is 19.6 Å². The van der Waals surface area contributed by atoms with Gasteiger partial charge in [0.1, 0.15) is 0 Å². The van der Waals surface area contributed by atoms with Crippen molar-refractivity contribution in [3.05, 3.63) is 35.4 Å². The molecule has 0 spiro atoms. The first-order valence-corrected chi connectivity index (χ1v) is 6.31. The molecule has 1 fully saturated rings. The first-order valence-electron chi connectivity index (χ1n) is 6.31. The summed E-state index contributed by atoms with van der Waals surface area (Å²) in [5.41, 5.74) is 1.93. The number of hydrogen-bond acceptors (Lipinski definition) is 2. The lowest BCUT2D eigenvalue weighted by atomic mass is 9.98. The molecule has 1 heterocycles. The minimum Gasteiger partial charge on any atom is -0.352 e. The van der Waals surface area contributed by atoms with Crippen molar-refractivity contribution in [1.82, 2.24) is 10.6 Å². The average molecular weight is 232 g/mol. The molecule has 3 heteroatoms. The second-order valence-corrected chi connectivity index (χ2v) is 4.77. The van der Waals surface area contributed by atoms with E-state index in [2.05, 4.69) is 10.6 Å². The van der Waals surface area contributed by atoms with Gasteiger partial charge in [-0.1, -0.05) is 17.7 Å². The second kappa shape index (κ2) is 5.82. The van der Waals surface area contributed by atoms with E-state index in [-0.39, 0.29) is 5.91 Å². The molecule has 0 saturated carbocycles. The zero-order valence-electron chi connectivity index (χ0n) is 10.3. The lowest BCUT2D eigenvalue weighted by molar-refractivity contribution is 0.0944. The maximum atomic E-state index is 11.9. The molecule has 1 aromatic carbocycles. The van der Waals surface area contributed by atoms with Gasteiger partial charge in [-0.15, -0.1) is 0 Å². The largest absolute Gasteiger partial charge is 0.352 e. The number of carbonyl (C=O) groups excluding carboxylic acids is 1. The van der Waals surface area contributed by atoms with Gasteiger partial charge in [-0.25, -0.2) is 0 Å². The van der Waals surface area contributed by atoms with E-state index in [0.717, 1.165) is 38.0 Å². The summed E-state index contributed by atoms with van der Waals surface area (Å²) in [5, 5.41) is 6.35. The van der Waals surface area contributed by atoms with Crippen molar-refractivity contribution in [3.8, 4) is 0 Å². The summed E-state index contributed by atoms with van der Waals surface area (Å²) in [6, 6.07) is 7.71. The van der Waals surface area contributed by atoms with E-state index < -0.39 is 0 Å². The zero-order chi connectivity index (χ0) is 12.1. The number of amides is 1. The molecule has 0 radical (unpaired) electrons. The number of rotatable bonds is 3. The van der Waals surface area contributed by atoms with E-state index in [1.165, 1.54) is 5.56 Å². The van der Waals surface area contributed by atoms with Crippen LogP contribution >= 0.6 is 0 Å². The molecule has 2 N–H and O–H groups in total. The summed E-state index contributed by atoms with van der Waals surface area (Å²) in [6.45, 7) is 4.97. The highest BCUT2D eigenvalue weighted by atomic mass is 16.1. The minimum absolute atomic E-state index is 0.0449. The Labute approximate surface area is 103 Å². The molecule has 1 saturated heterocycles. The Hall–Kier alpha value is -1.35. The van der Waals surface area contributed by atoms with Crippen molar-refractivity contribution in [2.24, 2.45) is 5.92 Å². The zero-order valence-corrected chi connectivity index (χ0v) is 10.3. The number of benzene rings is 1. The molecule has 0 bridgehead atoms. The van der Waals surface area contributed by atoms with E-state index in [4.69, 9.17) is 0 Å². The van der Waals surface area contributed by atoms with E-state index in [1.807, 2.05) is 31.2 Å². The predicted molar refractivity (Wildman–Crippen MR) is 69.1 cm³/mol. The van der Waals surface area contributed by atoms with E-state index in [1.54, 1.807) is 0 Å². The van der Waals surface area contributed by atoms with Crippen LogP contribution in [0, 0.1) is 12.8 Å². The molecule has 0 atom stereocenters. The number of piperidine rings is 1. The van der Waals surface area contributed by atoms with Gasteiger partial charge in [0.05, 0.1) is 0 Å². The molecule has 0 aromatic heterocycles. The van der Waals surface area contributed by atoms with Gasteiger partial charge in [-0.05, 0) is 50.9 Å². The van der Waals surface area contributed by atoms with Crippen LogP contribution in [0.4, 0.5) is 0 Å². The number of carbonyl (C=O) groups is 1. The van der Waals surface area contributed by atoms with Gasteiger partial charge in [0.25, 0.3) is 5.91 Å². The fraction of sp³-hybridized carbons (Fsp3) is 0.500. The van der Waals surface area contributed by atoms with Crippen molar-refractivity contribution in [1.29, 1.82) is 0 Å². The molecular weight excluding hydrogens is 212 g/mol. The van der Waals surface area contributed by atoms with Crippen LogP contribution in [0.25, 0.3) is 0 Å². The van der Waals surface area contributed by atoms with E-state index in [9.17, 15) is 4.79 Å². The van der Waals surface area contributed by atoms with Crippen LogP contribution in [-0.4, -0.2) is 25.5 Å². The molecule has 17 heavy (non-hydrogen) atoms. The number of nitrogens with one attached hydrogen (secondary N) is 2. The van der Waals surface area contributed by atoms with E-state index in [0.29, 0.717) is 5.92 Å². The van der Waals surface area contributed by atoms with Crippen LogP contribution in [0.3, 0.4) is 0 Å². The summed E-state index contributed by atoms with van der Waals surface area (Å²) in [6.07, 6.45) is 2.32. The monoisotopic (exact) mass is 232 g/mol. The molecule has 0 aliphatic carbocycles. The van der Waals surface area contributed by atoms with Gasteiger partial charge < -0.3 is 10.6 Å². The Morgan fingerprint density at radius 3 is 2.59 bits per heavy atom. The summed E-state index contributed by atoms with van der Waals surface area (Å²) in [4.78, 5) is 11.9. The van der Waals surface area contributed by atoms with Crippen molar-refractivity contribution in [2.45, 2.75) is 19.8 Å². The third kappa shape index (κ3) is 3.56. The maximum Gasteiger partial charge on any atom is 0.251 e. The van der Waals surface area contributed by atoms with Crippen LogP contribution in [-0.2, 0) is 0 Å². The Kier molecular flexibility index (Phi) is 4.15. The van der Waals surface area contributed by atoms with Crippen LogP contribution in [0.5, 0.6) is 0 Å². The standard InChI is InChI=1S/C14H20N2O/c1-11-2-4-13(5-3-11)14(17)16-10-12-6-8-15-9-7-12/h2-5,12,15H,6-10H2,1H3,(H,16,17). The molecule has 92 valence electrons. The highest BCUT2D eigenvalue weighted by Gasteiger charge is 2.14. The van der Waals surface area contributed by atoms with Crippen molar-refractivity contribution >= 4 is 5.91 Å². The topological polar surface area (TPSA) is 41.1 Å². The Balaban J connectivity index is 1.82. The lowest BCUT2D eigenvalue weighted by Gasteiger charge is -2.22. The Morgan fingerprint density at radius 2 is 1.94 bits per heavy atom. The number of hydrogen-bond donors (Lipinski definition) is 2. The highest BCUT2D eigenvalue weighted by molar-refractivity contribution is 5.94. The van der Waals surface area contributed by atoms with Crippen LogP contribution in [0.1, 0.15) is 28.8 Å². The van der Waals surface area contributed by atoms with Gasteiger partial charge in [0, 0.05) is 12.1 Å². The smallest absolute Gasteiger partial charge is 0.251 e. The van der Waals surface area contributed by atoms with Gasteiger partial charge >= 0.3 is 0 Å². The van der Waals surface area contributed by atoms with Crippen LogP contribution < -0.4 is 10.6 Å². The molecule has 3 nitrogen and oxygen atoms in total. The molecule has 1 aliphatic heterocycles. The Morgan fingerprint density at radius 1 is 1.29 bits per heavy atom. The summed E-state index contributed by atoms with van der Waals surface area (Å²) in [7, 11) is 0. The first kappa shape index (κ1) is 12.1.